The highest BCUT2D eigenvalue weighted by molar-refractivity contribution is 5.70. The van der Waals surface area contributed by atoms with Crippen LogP contribution in [0.15, 0.2) is 0 Å². The van der Waals surface area contributed by atoms with Gasteiger partial charge in [0.2, 0.25) is 0 Å². The van der Waals surface area contributed by atoms with Crippen molar-refractivity contribution in [3.8, 4) is 0 Å². The molecule has 3 N–H and O–H groups in total. The summed E-state index contributed by atoms with van der Waals surface area (Å²) in [6, 6.07) is 0.301. The minimum Gasteiger partial charge on any atom is -0.441 e. The van der Waals surface area contributed by atoms with Gasteiger partial charge in [0.1, 0.15) is 5.60 Å². The predicted octanol–water partition coefficient (Wildman–Crippen LogP) is 0.366. The molecule has 1 saturated carbocycles. The van der Waals surface area contributed by atoms with Crippen LogP contribution in [0.2, 0.25) is 0 Å². The molecule has 2 aliphatic rings. The van der Waals surface area contributed by atoms with Gasteiger partial charge in [0.05, 0.1) is 6.54 Å². The Morgan fingerprint density at radius 3 is 2.67 bits per heavy atom. The zero-order valence-electron chi connectivity index (χ0n) is 7.01. The zero-order valence-corrected chi connectivity index (χ0v) is 7.01. The van der Waals surface area contributed by atoms with Crippen molar-refractivity contribution in [2.45, 2.75) is 37.3 Å². The molecule has 1 aliphatic heterocycles. The topological polar surface area (TPSA) is 64.3 Å². The minimum absolute atomic E-state index is 0.215. The average molecular weight is 170 g/mol. The molecule has 0 aromatic heterocycles. The van der Waals surface area contributed by atoms with E-state index in [4.69, 9.17) is 10.5 Å². The van der Waals surface area contributed by atoms with Crippen molar-refractivity contribution in [2.24, 2.45) is 5.73 Å². The number of nitrogens with one attached hydrogen (secondary N) is 1. The Bertz CT molecular complexity index is 197. The summed E-state index contributed by atoms with van der Waals surface area (Å²) in [5, 5.41) is 2.69. The minimum atomic E-state index is -0.273. The Kier molecular flexibility index (Phi) is 1.72. The number of carbonyl (C=O) groups is 1. The summed E-state index contributed by atoms with van der Waals surface area (Å²) in [5.41, 5.74) is 5.54. The zero-order chi connectivity index (χ0) is 8.60. The van der Waals surface area contributed by atoms with E-state index in [1.165, 1.54) is 0 Å². The van der Waals surface area contributed by atoms with Gasteiger partial charge in [-0.05, 0) is 25.7 Å². The lowest BCUT2D eigenvalue weighted by atomic mass is 9.83. The quantitative estimate of drug-likeness (QED) is 0.552. The van der Waals surface area contributed by atoms with Crippen molar-refractivity contribution < 1.29 is 9.53 Å². The van der Waals surface area contributed by atoms with Crippen LogP contribution < -0.4 is 11.1 Å². The van der Waals surface area contributed by atoms with E-state index in [1.807, 2.05) is 0 Å². The second-order valence-electron chi connectivity index (χ2n) is 3.76. The van der Waals surface area contributed by atoms with Crippen molar-refractivity contribution in [3.05, 3.63) is 0 Å². The predicted molar refractivity (Wildman–Crippen MR) is 43.7 cm³/mol. The van der Waals surface area contributed by atoms with Crippen LogP contribution in [0.5, 0.6) is 0 Å². The van der Waals surface area contributed by atoms with Gasteiger partial charge in [-0.1, -0.05) is 0 Å². The molecule has 0 unspecified atom stereocenters. The molecule has 1 saturated heterocycles. The third-order valence-corrected chi connectivity index (χ3v) is 2.81. The molecule has 0 atom stereocenters. The number of amides is 1. The fourth-order valence-corrected chi connectivity index (χ4v) is 1.95. The number of carbonyl (C=O) groups excluding carboxylic acids is 1. The van der Waals surface area contributed by atoms with Crippen LogP contribution in [0.1, 0.15) is 25.7 Å². The monoisotopic (exact) mass is 170 g/mol. The third-order valence-electron chi connectivity index (χ3n) is 2.81. The van der Waals surface area contributed by atoms with Crippen molar-refractivity contribution in [2.75, 3.05) is 6.54 Å². The highest BCUT2D eigenvalue weighted by Gasteiger charge is 2.42. The fraction of sp³-hybridized carbons (Fsp3) is 0.875. The van der Waals surface area contributed by atoms with Crippen LogP contribution in [0.4, 0.5) is 4.79 Å². The molecule has 12 heavy (non-hydrogen) atoms. The van der Waals surface area contributed by atoms with Gasteiger partial charge in [-0.2, -0.15) is 0 Å². The molecule has 4 heteroatoms. The molecule has 0 aromatic rings. The van der Waals surface area contributed by atoms with Gasteiger partial charge in [-0.3, -0.25) is 0 Å². The van der Waals surface area contributed by atoms with Crippen LogP contribution in [-0.2, 0) is 4.74 Å². The molecule has 0 bridgehead atoms. The Labute approximate surface area is 71.4 Å². The first-order valence-corrected chi connectivity index (χ1v) is 4.43. The van der Waals surface area contributed by atoms with E-state index >= 15 is 0 Å². The highest BCUT2D eigenvalue weighted by Crippen LogP contribution is 2.33. The molecule has 1 heterocycles. The van der Waals surface area contributed by atoms with Crippen LogP contribution in [0, 0.1) is 0 Å². The largest absolute Gasteiger partial charge is 0.441 e. The number of rotatable bonds is 0. The van der Waals surface area contributed by atoms with Gasteiger partial charge in [0, 0.05) is 6.04 Å². The molecule has 1 spiro atoms. The SMILES string of the molecule is NC1CCC2(CC1)CNC(=O)O2. The first-order valence-electron chi connectivity index (χ1n) is 4.43. The van der Waals surface area contributed by atoms with Gasteiger partial charge in [0.15, 0.2) is 0 Å². The summed E-state index contributed by atoms with van der Waals surface area (Å²) >= 11 is 0. The summed E-state index contributed by atoms with van der Waals surface area (Å²) in [4.78, 5) is 10.8. The highest BCUT2D eigenvalue weighted by atomic mass is 16.6. The van der Waals surface area contributed by atoms with E-state index in [2.05, 4.69) is 5.32 Å². The summed E-state index contributed by atoms with van der Waals surface area (Å²) < 4.78 is 5.23. The Morgan fingerprint density at radius 1 is 1.50 bits per heavy atom. The van der Waals surface area contributed by atoms with Gasteiger partial charge >= 0.3 is 6.09 Å². The van der Waals surface area contributed by atoms with Crippen LogP contribution in [-0.4, -0.2) is 24.3 Å². The smallest absolute Gasteiger partial charge is 0.407 e. The van der Waals surface area contributed by atoms with Crippen molar-refractivity contribution in [1.82, 2.24) is 5.32 Å². The number of hydrogen-bond donors (Lipinski definition) is 2. The van der Waals surface area contributed by atoms with Gasteiger partial charge < -0.3 is 15.8 Å². The number of nitrogens with two attached hydrogens (primary N) is 1. The summed E-state index contributed by atoms with van der Waals surface area (Å²) in [7, 11) is 0. The van der Waals surface area contributed by atoms with Crippen LogP contribution in [0.25, 0.3) is 0 Å². The molecule has 4 nitrogen and oxygen atoms in total. The molecule has 1 aliphatic carbocycles. The maximum atomic E-state index is 10.8. The van der Waals surface area contributed by atoms with E-state index in [-0.39, 0.29) is 11.7 Å². The maximum absolute atomic E-state index is 10.8. The van der Waals surface area contributed by atoms with Gasteiger partial charge in [-0.15, -0.1) is 0 Å². The Hall–Kier alpha value is -0.770. The van der Waals surface area contributed by atoms with Gasteiger partial charge in [-0.25, -0.2) is 4.79 Å². The number of hydrogen-bond acceptors (Lipinski definition) is 3. The first-order chi connectivity index (χ1) is 5.70. The van der Waals surface area contributed by atoms with Crippen molar-refractivity contribution >= 4 is 6.09 Å². The van der Waals surface area contributed by atoms with Gasteiger partial charge in [0.25, 0.3) is 0 Å². The number of ether oxygens (including phenoxy) is 1. The first kappa shape index (κ1) is 7.86. The van der Waals surface area contributed by atoms with E-state index < -0.39 is 0 Å². The molecular formula is C8H14N2O2. The molecular weight excluding hydrogens is 156 g/mol. The standard InChI is InChI=1S/C8H14N2O2/c9-6-1-3-8(4-2-6)5-10-7(11)12-8/h6H,1-5,9H2,(H,10,11). The molecule has 0 radical (unpaired) electrons. The van der Waals surface area contributed by atoms with E-state index in [9.17, 15) is 4.79 Å². The lowest BCUT2D eigenvalue weighted by Gasteiger charge is -2.33. The summed E-state index contributed by atoms with van der Waals surface area (Å²) in [6.07, 6.45) is 3.48. The molecule has 1 amide bonds. The molecule has 68 valence electrons. The van der Waals surface area contributed by atoms with Crippen molar-refractivity contribution in [3.63, 3.8) is 0 Å². The average Bonchev–Trinajstić information content (AvgIpc) is 2.40. The summed E-state index contributed by atoms with van der Waals surface area (Å²) in [5.74, 6) is 0. The second-order valence-corrected chi connectivity index (χ2v) is 3.76. The lowest BCUT2D eigenvalue weighted by molar-refractivity contribution is 0.0219. The lowest BCUT2D eigenvalue weighted by Crippen LogP contribution is -2.41. The Morgan fingerprint density at radius 2 is 2.17 bits per heavy atom. The number of alkyl carbamates (subject to hydrolysis) is 1. The molecule has 2 fully saturated rings. The second kappa shape index (κ2) is 2.62. The van der Waals surface area contributed by atoms with E-state index in [0.29, 0.717) is 12.6 Å². The summed E-state index contributed by atoms with van der Waals surface area (Å²) in [6.45, 7) is 0.665. The van der Waals surface area contributed by atoms with Crippen LogP contribution in [0.3, 0.4) is 0 Å². The Balaban J connectivity index is 1.99. The van der Waals surface area contributed by atoms with Crippen LogP contribution >= 0.6 is 0 Å². The van der Waals surface area contributed by atoms with E-state index in [1.54, 1.807) is 0 Å². The molecule has 2 rings (SSSR count). The molecule has 0 aromatic carbocycles. The maximum Gasteiger partial charge on any atom is 0.407 e. The van der Waals surface area contributed by atoms with Crippen molar-refractivity contribution in [1.29, 1.82) is 0 Å². The van der Waals surface area contributed by atoms with E-state index in [0.717, 1.165) is 25.7 Å². The third kappa shape index (κ3) is 1.27. The normalized spacial score (nSPS) is 41.1. The fourth-order valence-electron chi connectivity index (χ4n) is 1.95.